The van der Waals surface area contributed by atoms with Crippen molar-refractivity contribution in [3.8, 4) is 11.5 Å². The van der Waals surface area contributed by atoms with Gasteiger partial charge in [0.15, 0.2) is 11.4 Å². The lowest BCUT2D eigenvalue weighted by molar-refractivity contribution is -0.152. The van der Waals surface area contributed by atoms with E-state index in [0.29, 0.717) is 30.8 Å². The Balaban J connectivity index is 1.80. The van der Waals surface area contributed by atoms with Crippen LogP contribution in [-0.4, -0.2) is 29.1 Å². The number of ether oxygens (including phenoxy) is 2. The Hall–Kier alpha value is -3.08. The second-order valence-corrected chi connectivity index (χ2v) is 7.24. The summed E-state index contributed by atoms with van der Waals surface area (Å²) in [6.07, 6.45) is 3.25. The lowest BCUT2D eigenvalue weighted by Crippen LogP contribution is -2.37. The number of carboxylic acid groups (broad SMARTS) is 1. The average Bonchev–Trinajstić information content (AvgIpc) is 2.65. The fourth-order valence-electron chi connectivity index (χ4n) is 3.12. The molecule has 5 nitrogen and oxygen atoms in total. The summed E-state index contributed by atoms with van der Waals surface area (Å²) >= 11 is 0. The quantitative estimate of drug-likeness (QED) is 0.745. The van der Waals surface area contributed by atoms with Crippen molar-refractivity contribution in [2.75, 3.05) is 6.61 Å². The topological polar surface area (TPSA) is 72.8 Å². The molecule has 1 aliphatic carbocycles. The molecule has 0 atom stereocenters. The molecule has 0 radical (unpaired) electrons. The molecule has 0 unspecified atom stereocenters. The minimum Gasteiger partial charge on any atom is -0.494 e. The van der Waals surface area contributed by atoms with Gasteiger partial charge in [0.05, 0.1) is 6.61 Å². The van der Waals surface area contributed by atoms with E-state index in [1.165, 1.54) is 13.8 Å². The number of aliphatic carboxylic acids is 1. The van der Waals surface area contributed by atoms with Crippen LogP contribution in [0.3, 0.4) is 0 Å². The van der Waals surface area contributed by atoms with Crippen LogP contribution in [0.5, 0.6) is 11.5 Å². The van der Waals surface area contributed by atoms with Crippen molar-refractivity contribution in [1.82, 2.24) is 0 Å². The SMILES string of the molecule is CCOc1ccc(/C=C2/CCc3cc(OC(C)(C)C(=O)O)ccc3C2=O)cc1. The molecule has 0 saturated heterocycles. The molecular weight excluding hydrogens is 356 g/mol. The zero-order chi connectivity index (χ0) is 20.3. The number of carboxylic acids is 1. The molecule has 0 fully saturated rings. The zero-order valence-electron chi connectivity index (χ0n) is 16.3. The average molecular weight is 380 g/mol. The van der Waals surface area contributed by atoms with Crippen molar-refractivity contribution >= 4 is 17.8 Å². The van der Waals surface area contributed by atoms with Gasteiger partial charge in [0.1, 0.15) is 11.5 Å². The number of hydrogen-bond donors (Lipinski definition) is 1. The maximum Gasteiger partial charge on any atom is 0.347 e. The van der Waals surface area contributed by atoms with Gasteiger partial charge in [0, 0.05) is 11.1 Å². The highest BCUT2D eigenvalue weighted by Crippen LogP contribution is 2.31. The normalized spacial score (nSPS) is 15.2. The molecule has 0 amide bonds. The molecule has 0 aromatic heterocycles. The molecule has 0 saturated carbocycles. The maximum atomic E-state index is 12.9. The molecule has 2 aromatic rings. The lowest BCUT2D eigenvalue weighted by Gasteiger charge is -2.23. The van der Waals surface area contributed by atoms with E-state index in [4.69, 9.17) is 9.47 Å². The van der Waals surface area contributed by atoms with E-state index in [0.717, 1.165) is 22.4 Å². The number of ketones is 1. The van der Waals surface area contributed by atoms with Crippen molar-refractivity contribution < 1.29 is 24.2 Å². The van der Waals surface area contributed by atoms with Crippen LogP contribution in [0.1, 0.15) is 48.7 Å². The smallest absolute Gasteiger partial charge is 0.347 e. The van der Waals surface area contributed by atoms with Crippen molar-refractivity contribution in [3.05, 3.63) is 64.7 Å². The molecule has 28 heavy (non-hydrogen) atoms. The van der Waals surface area contributed by atoms with E-state index in [1.807, 2.05) is 37.3 Å². The summed E-state index contributed by atoms with van der Waals surface area (Å²) < 4.78 is 11.0. The van der Waals surface area contributed by atoms with Crippen LogP contribution in [0.15, 0.2) is 48.0 Å². The Bertz CT molecular complexity index is 923. The predicted octanol–water partition coefficient (Wildman–Crippen LogP) is 4.54. The van der Waals surface area contributed by atoms with E-state index >= 15 is 0 Å². The fraction of sp³-hybridized carbons (Fsp3) is 0.304. The maximum absolute atomic E-state index is 12.9. The van der Waals surface area contributed by atoms with Crippen LogP contribution < -0.4 is 9.47 Å². The first-order valence-electron chi connectivity index (χ1n) is 9.33. The van der Waals surface area contributed by atoms with Gasteiger partial charge in [-0.15, -0.1) is 0 Å². The van der Waals surface area contributed by atoms with Gasteiger partial charge < -0.3 is 14.6 Å². The summed E-state index contributed by atoms with van der Waals surface area (Å²) in [5, 5.41) is 9.21. The first-order chi connectivity index (χ1) is 13.3. The minimum atomic E-state index is -1.33. The molecule has 3 rings (SSSR count). The number of carbonyl (C=O) groups excluding carboxylic acids is 1. The number of allylic oxidation sites excluding steroid dienone is 1. The van der Waals surface area contributed by atoms with Crippen LogP contribution in [0, 0.1) is 0 Å². The number of fused-ring (bicyclic) bond motifs is 1. The van der Waals surface area contributed by atoms with Crippen molar-refractivity contribution in [2.24, 2.45) is 0 Å². The third-order valence-electron chi connectivity index (χ3n) is 4.70. The predicted molar refractivity (Wildman–Crippen MR) is 107 cm³/mol. The summed E-state index contributed by atoms with van der Waals surface area (Å²) in [5.41, 5.74) is 1.91. The van der Waals surface area contributed by atoms with E-state index in [2.05, 4.69) is 0 Å². The zero-order valence-corrected chi connectivity index (χ0v) is 16.3. The van der Waals surface area contributed by atoms with Gasteiger partial charge in [-0.2, -0.15) is 0 Å². The molecule has 0 aliphatic heterocycles. The van der Waals surface area contributed by atoms with Crippen LogP contribution in [0.4, 0.5) is 0 Å². The monoisotopic (exact) mass is 380 g/mol. The number of benzene rings is 2. The summed E-state index contributed by atoms with van der Waals surface area (Å²) in [7, 11) is 0. The first-order valence-corrected chi connectivity index (χ1v) is 9.33. The molecule has 1 aliphatic rings. The molecule has 1 N–H and O–H groups in total. The summed E-state index contributed by atoms with van der Waals surface area (Å²) in [4.78, 5) is 24.1. The molecule has 0 heterocycles. The Kier molecular flexibility index (Phi) is 5.54. The fourth-order valence-corrected chi connectivity index (χ4v) is 3.12. The van der Waals surface area contributed by atoms with Crippen LogP contribution in [-0.2, 0) is 11.2 Å². The number of Topliss-reactive ketones (excluding diaryl/α,β-unsaturated/α-hetero) is 1. The molecule has 146 valence electrons. The van der Waals surface area contributed by atoms with Crippen molar-refractivity contribution in [2.45, 2.75) is 39.2 Å². The standard InChI is InChI=1S/C23H24O5/c1-4-27-18-9-5-15(6-10-18)13-17-8-7-16-14-19(11-12-20(16)21(17)24)28-23(2,3)22(25)26/h5-6,9-14H,4,7-8H2,1-3H3,(H,25,26)/b17-13-. The van der Waals surface area contributed by atoms with E-state index in [1.54, 1.807) is 18.2 Å². The highest BCUT2D eigenvalue weighted by molar-refractivity contribution is 6.13. The van der Waals surface area contributed by atoms with Crippen LogP contribution >= 0.6 is 0 Å². The highest BCUT2D eigenvalue weighted by Gasteiger charge is 2.30. The molecular formula is C23H24O5. The Morgan fingerprint density at radius 3 is 2.43 bits per heavy atom. The third kappa shape index (κ3) is 4.25. The number of aryl methyl sites for hydroxylation is 1. The van der Waals surface area contributed by atoms with Crippen molar-refractivity contribution in [3.63, 3.8) is 0 Å². The molecule has 0 bridgehead atoms. The number of carbonyl (C=O) groups is 2. The molecule has 5 heteroatoms. The van der Waals surface area contributed by atoms with Gasteiger partial charge in [0.25, 0.3) is 0 Å². The van der Waals surface area contributed by atoms with Gasteiger partial charge in [-0.1, -0.05) is 12.1 Å². The van der Waals surface area contributed by atoms with Crippen molar-refractivity contribution in [1.29, 1.82) is 0 Å². The van der Waals surface area contributed by atoms with Gasteiger partial charge in [-0.25, -0.2) is 4.79 Å². The lowest BCUT2D eigenvalue weighted by atomic mass is 9.86. The van der Waals surface area contributed by atoms with E-state index < -0.39 is 11.6 Å². The number of rotatable bonds is 6. The first kappa shape index (κ1) is 19.7. The summed E-state index contributed by atoms with van der Waals surface area (Å²) in [6, 6.07) is 12.8. The van der Waals surface area contributed by atoms with Crippen LogP contribution in [0.25, 0.3) is 6.08 Å². The minimum absolute atomic E-state index is 0.000760. The molecule has 2 aromatic carbocycles. The summed E-state index contributed by atoms with van der Waals surface area (Å²) in [6.45, 7) is 5.55. The van der Waals surface area contributed by atoms with E-state index in [-0.39, 0.29) is 5.78 Å². The Labute approximate surface area is 164 Å². The van der Waals surface area contributed by atoms with Gasteiger partial charge >= 0.3 is 5.97 Å². The largest absolute Gasteiger partial charge is 0.494 e. The molecule has 0 spiro atoms. The number of hydrogen-bond acceptors (Lipinski definition) is 4. The van der Waals surface area contributed by atoms with E-state index in [9.17, 15) is 14.7 Å². The summed E-state index contributed by atoms with van der Waals surface area (Å²) in [5.74, 6) is 0.223. The van der Waals surface area contributed by atoms with Gasteiger partial charge in [0.2, 0.25) is 0 Å². The van der Waals surface area contributed by atoms with Gasteiger partial charge in [-0.05, 0) is 81.1 Å². The third-order valence-corrected chi connectivity index (χ3v) is 4.70. The van der Waals surface area contributed by atoms with Gasteiger partial charge in [-0.3, -0.25) is 4.79 Å². The van der Waals surface area contributed by atoms with Crippen LogP contribution in [0.2, 0.25) is 0 Å². The Morgan fingerprint density at radius 1 is 1.11 bits per heavy atom. The second-order valence-electron chi connectivity index (χ2n) is 7.24. The second kappa shape index (κ2) is 7.89. The highest BCUT2D eigenvalue weighted by atomic mass is 16.5. The Morgan fingerprint density at radius 2 is 1.79 bits per heavy atom.